The number of hydrogen-bond acceptors (Lipinski definition) is 3. The predicted molar refractivity (Wildman–Crippen MR) is 70.5 cm³/mol. The quantitative estimate of drug-likeness (QED) is 0.890. The van der Waals surface area contributed by atoms with Gasteiger partial charge in [-0.1, -0.05) is 6.07 Å². The largest absolute Gasteiger partial charge is 0.384 e. The lowest BCUT2D eigenvalue weighted by molar-refractivity contribution is 0.501. The van der Waals surface area contributed by atoms with Crippen molar-refractivity contribution in [2.45, 2.75) is 12.5 Å². The zero-order valence-electron chi connectivity index (χ0n) is 10.5. The van der Waals surface area contributed by atoms with Crippen molar-refractivity contribution in [3.63, 3.8) is 0 Å². The standard InChI is InChI=1S/C14H15F2N3/c1-18-13(6-9-4-5-19-14(17)7-9)10-2-3-11(15)12(16)8-10/h2-5,7-8,13,18H,6H2,1H3,(H2,17,19). The molecular formula is C14H15F2N3. The number of nitrogens with one attached hydrogen (secondary N) is 1. The molecule has 100 valence electrons. The highest BCUT2D eigenvalue weighted by Crippen LogP contribution is 2.20. The fourth-order valence-corrected chi connectivity index (χ4v) is 1.97. The Labute approximate surface area is 110 Å². The van der Waals surface area contributed by atoms with Gasteiger partial charge < -0.3 is 11.1 Å². The molecule has 0 saturated heterocycles. The highest BCUT2D eigenvalue weighted by atomic mass is 19.2. The van der Waals surface area contributed by atoms with Crippen molar-refractivity contribution in [3.05, 3.63) is 59.3 Å². The summed E-state index contributed by atoms with van der Waals surface area (Å²) >= 11 is 0. The maximum absolute atomic E-state index is 13.2. The summed E-state index contributed by atoms with van der Waals surface area (Å²) in [4.78, 5) is 3.92. The van der Waals surface area contributed by atoms with Crippen LogP contribution in [0.1, 0.15) is 17.2 Å². The van der Waals surface area contributed by atoms with Crippen molar-refractivity contribution in [1.29, 1.82) is 0 Å². The van der Waals surface area contributed by atoms with Gasteiger partial charge in [0.05, 0.1) is 0 Å². The number of halogens is 2. The number of rotatable bonds is 4. The summed E-state index contributed by atoms with van der Waals surface area (Å²) in [6.45, 7) is 0. The normalized spacial score (nSPS) is 12.4. The average molecular weight is 263 g/mol. The molecule has 1 aromatic carbocycles. The van der Waals surface area contributed by atoms with E-state index in [9.17, 15) is 8.78 Å². The van der Waals surface area contributed by atoms with E-state index in [1.807, 2.05) is 6.07 Å². The summed E-state index contributed by atoms with van der Waals surface area (Å²) in [5.74, 6) is -1.24. The molecule has 2 rings (SSSR count). The van der Waals surface area contributed by atoms with Gasteiger partial charge in [0.25, 0.3) is 0 Å². The molecule has 19 heavy (non-hydrogen) atoms. The Morgan fingerprint density at radius 2 is 2.00 bits per heavy atom. The Morgan fingerprint density at radius 1 is 1.21 bits per heavy atom. The van der Waals surface area contributed by atoms with Crippen molar-refractivity contribution < 1.29 is 8.78 Å². The minimum atomic E-state index is -0.841. The molecule has 3 nitrogen and oxygen atoms in total. The van der Waals surface area contributed by atoms with Crippen LogP contribution >= 0.6 is 0 Å². The van der Waals surface area contributed by atoms with Gasteiger partial charge in [-0.2, -0.15) is 0 Å². The van der Waals surface area contributed by atoms with Gasteiger partial charge in [-0.3, -0.25) is 0 Å². The highest BCUT2D eigenvalue weighted by Gasteiger charge is 2.13. The Hall–Kier alpha value is -2.01. The molecule has 0 aliphatic heterocycles. The van der Waals surface area contributed by atoms with E-state index in [0.29, 0.717) is 17.8 Å². The van der Waals surface area contributed by atoms with Crippen LogP contribution in [0.3, 0.4) is 0 Å². The Bertz CT molecular complexity index is 572. The van der Waals surface area contributed by atoms with Crippen LogP contribution in [0.5, 0.6) is 0 Å². The first-order valence-corrected chi connectivity index (χ1v) is 5.92. The van der Waals surface area contributed by atoms with Gasteiger partial charge in [-0.25, -0.2) is 13.8 Å². The lowest BCUT2D eigenvalue weighted by atomic mass is 9.99. The number of anilines is 1. The molecule has 0 fully saturated rings. The van der Waals surface area contributed by atoms with Gasteiger partial charge in [0.1, 0.15) is 5.82 Å². The van der Waals surface area contributed by atoms with Crippen LogP contribution < -0.4 is 11.1 Å². The van der Waals surface area contributed by atoms with E-state index in [4.69, 9.17) is 5.73 Å². The highest BCUT2D eigenvalue weighted by molar-refractivity contribution is 5.33. The number of hydrogen-bond donors (Lipinski definition) is 2. The smallest absolute Gasteiger partial charge is 0.159 e. The second-order valence-electron chi connectivity index (χ2n) is 4.31. The van der Waals surface area contributed by atoms with Crippen molar-refractivity contribution in [2.75, 3.05) is 12.8 Å². The van der Waals surface area contributed by atoms with Gasteiger partial charge in [0, 0.05) is 12.2 Å². The average Bonchev–Trinajstić information content (AvgIpc) is 2.39. The van der Waals surface area contributed by atoms with Crippen LogP contribution in [0.15, 0.2) is 36.5 Å². The van der Waals surface area contributed by atoms with Crippen molar-refractivity contribution in [2.24, 2.45) is 0 Å². The maximum Gasteiger partial charge on any atom is 0.159 e. The molecule has 1 atom stereocenters. The van der Waals surface area contributed by atoms with E-state index in [2.05, 4.69) is 10.3 Å². The van der Waals surface area contributed by atoms with Crippen LogP contribution in [0, 0.1) is 11.6 Å². The zero-order valence-corrected chi connectivity index (χ0v) is 10.5. The molecule has 0 aliphatic carbocycles. The molecule has 1 heterocycles. The van der Waals surface area contributed by atoms with E-state index in [-0.39, 0.29) is 6.04 Å². The Balaban J connectivity index is 2.22. The van der Waals surface area contributed by atoms with Crippen LogP contribution in [-0.4, -0.2) is 12.0 Å². The van der Waals surface area contributed by atoms with Crippen LogP contribution in [-0.2, 0) is 6.42 Å². The second-order valence-corrected chi connectivity index (χ2v) is 4.31. The summed E-state index contributed by atoms with van der Waals surface area (Å²) in [6.07, 6.45) is 2.25. The third-order valence-electron chi connectivity index (χ3n) is 2.98. The van der Waals surface area contributed by atoms with E-state index in [1.54, 1.807) is 25.4 Å². The molecule has 0 amide bonds. The fraction of sp³-hybridized carbons (Fsp3) is 0.214. The summed E-state index contributed by atoms with van der Waals surface area (Å²) in [7, 11) is 1.77. The second kappa shape index (κ2) is 5.75. The SMILES string of the molecule is CNC(Cc1ccnc(N)c1)c1ccc(F)c(F)c1. The van der Waals surface area contributed by atoms with E-state index >= 15 is 0 Å². The summed E-state index contributed by atoms with van der Waals surface area (Å²) in [5.41, 5.74) is 7.29. The molecule has 1 aromatic heterocycles. The maximum atomic E-state index is 13.2. The summed E-state index contributed by atoms with van der Waals surface area (Å²) in [5, 5.41) is 3.08. The molecule has 2 aromatic rings. The minimum absolute atomic E-state index is 0.114. The molecule has 5 heteroatoms. The third-order valence-corrected chi connectivity index (χ3v) is 2.98. The molecule has 0 spiro atoms. The monoisotopic (exact) mass is 263 g/mol. The molecule has 0 radical (unpaired) electrons. The molecule has 0 aliphatic rings. The number of pyridine rings is 1. The molecule has 3 N–H and O–H groups in total. The van der Waals surface area contributed by atoms with Gasteiger partial charge in [0.15, 0.2) is 11.6 Å². The number of nitrogens with zero attached hydrogens (tertiary/aromatic N) is 1. The molecule has 0 saturated carbocycles. The van der Waals surface area contributed by atoms with Crippen molar-refractivity contribution >= 4 is 5.82 Å². The van der Waals surface area contributed by atoms with Crippen LogP contribution in [0.4, 0.5) is 14.6 Å². The van der Waals surface area contributed by atoms with Gasteiger partial charge in [-0.05, 0) is 48.9 Å². The van der Waals surface area contributed by atoms with E-state index in [0.717, 1.165) is 11.6 Å². The topological polar surface area (TPSA) is 50.9 Å². The lowest BCUT2D eigenvalue weighted by Gasteiger charge is -2.17. The molecule has 0 bridgehead atoms. The van der Waals surface area contributed by atoms with Gasteiger partial charge in [-0.15, -0.1) is 0 Å². The minimum Gasteiger partial charge on any atom is -0.384 e. The number of likely N-dealkylation sites (N-methyl/N-ethyl adjacent to an activating group) is 1. The molecule has 1 unspecified atom stereocenters. The molecular weight excluding hydrogens is 248 g/mol. The Morgan fingerprint density at radius 3 is 2.63 bits per heavy atom. The first-order valence-electron chi connectivity index (χ1n) is 5.92. The van der Waals surface area contributed by atoms with Gasteiger partial charge >= 0.3 is 0 Å². The van der Waals surface area contributed by atoms with Crippen molar-refractivity contribution in [3.8, 4) is 0 Å². The van der Waals surface area contributed by atoms with Crippen LogP contribution in [0.25, 0.3) is 0 Å². The zero-order chi connectivity index (χ0) is 13.8. The number of nitrogen functional groups attached to an aromatic ring is 1. The third kappa shape index (κ3) is 3.26. The Kier molecular flexibility index (Phi) is 4.06. The van der Waals surface area contributed by atoms with E-state index < -0.39 is 11.6 Å². The lowest BCUT2D eigenvalue weighted by Crippen LogP contribution is -2.19. The number of aromatic nitrogens is 1. The van der Waals surface area contributed by atoms with Gasteiger partial charge in [0.2, 0.25) is 0 Å². The van der Waals surface area contributed by atoms with Crippen molar-refractivity contribution in [1.82, 2.24) is 10.3 Å². The van der Waals surface area contributed by atoms with Crippen LogP contribution in [0.2, 0.25) is 0 Å². The first-order chi connectivity index (χ1) is 9.10. The number of nitrogens with two attached hydrogens (primary N) is 1. The summed E-state index contributed by atoms with van der Waals surface area (Å²) < 4.78 is 26.2. The summed E-state index contributed by atoms with van der Waals surface area (Å²) in [6, 6.07) is 7.42. The first kappa shape index (κ1) is 13.4. The fourth-order valence-electron chi connectivity index (χ4n) is 1.97. The number of benzene rings is 1. The van der Waals surface area contributed by atoms with E-state index in [1.165, 1.54) is 6.07 Å². The predicted octanol–water partition coefficient (Wildman–Crippen LogP) is 2.45.